The zero-order chi connectivity index (χ0) is 18.8. The lowest BCUT2D eigenvalue weighted by Gasteiger charge is -2.19. The molecule has 2 rings (SSSR count). The Balaban J connectivity index is 2.05. The number of aromatic hydroxyl groups is 1. The van der Waals surface area contributed by atoms with Crippen LogP contribution in [0, 0.1) is 13.8 Å². The number of thiocarbonyl (C=S) groups is 1. The average molecular weight is 356 g/mol. The van der Waals surface area contributed by atoms with Gasteiger partial charge in [0.2, 0.25) is 0 Å². The summed E-state index contributed by atoms with van der Waals surface area (Å²) in [6.07, 6.45) is 0. The number of aryl methyl sites for hydroxylation is 2. The zero-order valence-corrected chi connectivity index (χ0v) is 16.0. The Morgan fingerprint density at radius 1 is 1.04 bits per heavy atom. The number of amides is 1. The van der Waals surface area contributed by atoms with E-state index in [4.69, 9.17) is 12.2 Å². The largest absolute Gasteiger partial charge is 0.506 e. The van der Waals surface area contributed by atoms with E-state index in [1.54, 1.807) is 24.3 Å². The second kappa shape index (κ2) is 7.23. The molecule has 2 aromatic carbocycles. The monoisotopic (exact) mass is 356 g/mol. The third-order valence-corrected chi connectivity index (χ3v) is 4.30. The van der Waals surface area contributed by atoms with E-state index < -0.39 is 0 Å². The summed E-state index contributed by atoms with van der Waals surface area (Å²) < 4.78 is 0. The van der Waals surface area contributed by atoms with Crippen molar-refractivity contribution in [2.45, 2.75) is 40.0 Å². The molecule has 0 aliphatic heterocycles. The number of phenols is 1. The van der Waals surface area contributed by atoms with Crippen LogP contribution in [0.25, 0.3) is 0 Å². The van der Waals surface area contributed by atoms with E-state index in [0.29, 0.717) is 11.3 Å². The second-order valence-corrected chi connectivity index (χ2v) is 7.60. The lowest BCUT2D eigenvalue weighted by atomic mass is 9.87. The van der Waals surface area contributed by atoms with Crippen LogP contribution >= 0.6 is 12.2 Å². The molecule has 2 aromatic rings. The van der Waals surface area contributed by atoms with Gasteiger partial charge >= 0.3 is 0 Å². The Morgan fingerprint density at radius 3 is 2.16 bits per heavy atom. The van der Waals surface area contributed by atoms with E-state index in [0.717, 1.165) is 16.7 Å². The van der Waals surface area contributed by atoms with Crippen molar-refractivity contribution in [3.05, 3.63) is 58.7 Å². The first kappa shape index (κ1) is 18.9. The van der Waals surface area contributed by atoms with Gasteiger partial charge in [-0.3, -0.25) is 10.1 Å². The maximum atomic E-state index is 12.3. The van der Waals surface area contributed by atoms with E-state index in [1.165, 1.54) is 0 Å². The van der Waals surface area contributed by atoms with Crippen LogP contribution in [0.15, 0.2) is 36.4 Å². The highest BCUT2D eigenvalue weighted by atomic mass is 32.1. The van der Waals surface area contributed by atoms with Crippen LogP contribution in [-0.4, -0.2) is 16.1 Å². The van der Waals surface area contributed by atoms with E-state index in [-0.39, 0.29) is 22.2 Å². The molecule has 132 valence electrons. The van der Waals surface area contributed by atoms with Crippen LogP contribution in [-0.2, 0) is 5.41 Å². The molecule has 0 atom stereocenters. The molecule has 4 nitrogen and oxygen atoms in total. The fourth-order valence-corrected chi connectivity index (χ4v) is 2.55. The topological polar surface area (TPSA) is 61.4 Å². The summed E-state index contributed by atoms with van der Waals surface area (Å²) in [5.74, 6) is -0.199. The van der Waals surface area contributed by atoms with E-state index in [1.807, 2.05) is 26.0 Å². The molecule has 0 heterocycles. The maximum absolute atomic E-state index is 12.3. The molecule has 0 saturated heterocycles. The van der Waals surface area contributed by atoms with Gasteiger partial charge in [-0.2, -0.15) is 0 Å². The average Bonchev–Trinajstić information content (AvgIpc) is 2.51. The van der Waals surface area contributed by atoms with Crippen molar-refractivity contribution in [2.24, 2.45) is 0 Å². The zero-order valence-electron chi connectivity index (χ0n) is 15.2. The number of benzene rings is 2. The van der Waals surface area contributed by atoms with Gasteiger partial charge in [-0.25, -0.2) is 0 Å². The molecule has 0 bridgehead atoms. The normalized spacial score (nSPS) is 11.1. The third kappa shape index (κ3) is 4.79. The minimum Gasteiger partial charge on any atom is -0.506 e. The molecule has 5 heteroatoms. The van der Waals surface area contributed by atoms with Crippen molar-refractivity contribution >= 4 is 28.9 Å². The standard InChI is InChI=1S/C20H24N2O2S/c1-12-10-16(17(23)11-13(12)2)21-19(25)22-18(24)14-6-8-15(9-7-14)20(3,4)5/h6-11,23H,1-5H3,(H2,21,22,24,25). The second-order valence-electron chi connectivity index (χ2n) is 7.19. The van der Waals surface area contributed by atoms with Crippen molar-refractivity contribution in [1.29, 1.82) is 0 Å². The Hall–Kier alpha value is -2.40. The summed E-state index contributed by atoms with van der Waals surface area (Å²) in [4.78, 5) is 12.3. The lowest BCUT2D eigenvalue weighted by molar-refractivity contribution is 0.0977. The van der Waals surface area contributed by atoms with Crippen molar-refractivity contribution < 1.29 is 9.90 Å². The number of phenolic OH excluding ortho intramolecular Hbond substituents is 1. The highest BCUT2D eigenvalue weighted by molar-refractivity contribution is 7.80. The maximum Gasteiger partial charge on any atom is 0.257 e. The number of anilines is 1. The SMILES string of the molecule is Cc1cc(O)c(NC(=S)NC(=O)c2ccc(C(C)(C)C)cc2)cc1C. The number of hydrogen-bond acceptors (Lipinski definition) is 3. The predicted octanol–water partition coefficient (Wildman–Crippen LogP) is 4.43. The minimum atomic E-state index is -0.290. The molecule has 0 aliphatic rings. The van der Waals surface area contributed by atoms with Gasteiger partial charge in [-0.1, -0.05) is 32.9 Å². The molecule has 0 fully saturated rings. The van der Waals surface area contributed by atoms with Gasteiger partial charge in [0.25, 0.3) is 5.91 Å². The van der Waals surface area contributed by atoms with E-state index in [2.05, 4.69) is 31.4 Å². The quantitative estimate of drug-likeness (QED) is 0.550. The summed E-state index contributed by atoms with van der Waals surface area (Å²) in [6.45, 7) is 10.2. The van der Waals surface area contributed by atoms with Gasteiger partial charge in [0.15, 0.2) is 5.11 Å². The third-order valence-electron chi connectivity index (χ3n) is 4.10. The van der Waals surface area contributed by atoms with Gasteiger partial charge in [-0.05, 0) is 72.4 Å². The first-order chi connectivity index (χ1) is 11.6. The highest BCUT2D eigenvalue weighted by Gasteiger charge is 2.15. The smallest absolute Gasteiger partial charge is 0.257 e. The number of hydrogen-bond donors (Lipinski definition) is 3. The van der Waals surface area contributed by atoms with Gasteiger partial charge in [0.1, 0.15) is 5.75 Å². The molecule has 0 spiro atoms. The Kier molecular flexibility index (Phi) is 5.48. The Morgan fingerprint density at radius 2 is 1.60 bits per heavy atom. The molecular formula is C20H24N2O2S. The predicted molar refractivity (Wildman–Crippen MR) is 106 cm³/mol. The fraction of sp³-hybridized carbons (Fsp3) is 0.300. The van der Waals surface area contributed by atoms with Crippen molar-refractivity contribution in [3.8, 4) is 5.75 Å². The molecule has 1 amide bonds. The van der Waals surface area contributed by atoms with Crippen LogP contribution in [0.3, 0.4) is 0 Å². The molecule has 0 radical (unpaired) electrons. The van der Waals surface area contributed by atoms with Crippen molar-refractivity contribution in [2.75, 3.05) is 5.32 Å². The first-order valence-electron chi connectivity index (χ1n) is 8.11. The number of nitrogens with one attached hydrogen (secondary N) is 2. The first-order valence-corrected chi connectivity index (χ1v) is 8.52. The molecule has 25 heavy (non-hydrogen) atoms. The fourth-order valence-electron chi connectivity index (χ4n) is 2.35. The molecule has 0 saturated carbocycles. The Bertz CT molecular complexity index is 806. The van der Waals surface area contributed by atoms with Crippen molar-refractivity contribution in [3.63, 3.8) is 0 Å². The molecule has 0 aliphatic carbocycles. The number of rotatable bonds is 2. The molecule has 3 N–H and O–H groups in total. The molecular weight excluding hydrogens is 332 g/mol. The van der Waals surface area contributed by atoms with Crippen LogP contribution in [0.5, 0.6) is 5.75 Å². The van der Waals surface area contributed by atoms with Crippen LogP contribution in [0.4, 0.5) is 5.69 Å². The van der Waals surface area contributed by atoms with Gasteiger partial charge < -0.3 is 10.4 Å². The van der Waals surface area contributed by atoms with E-state index in [9.17, 15) is 9.90 Å². The van der Waals surface area contributed by atoms with Gasteiger partial charge in [-0.15, -0.1) is 0 Å². The number of carbonyl (C=O) groups excluding carboxylic acids is 1. The highest BCUT2D eigenvalue weighted by Crippen LogP contribution is 2.26. The summed E-state index contributed by atoms with van der Waals surface area (Å²) >= 11 is 5.18. The lowest BCUT2D eigenvalue weighted by Crippen LogP contribution is -2.34. The van der Waals surface area contributed by atoms with Gasteiger partial charge in [0, 0.05) is 5.56 Å². The molecule has 0 unspecified atom stereocenters. The number of carbonyl (C=O) groups is 1. The van der Waals surface area contributed by atoms with Gasteiger partial charge in [0.05, 0.1) is 5.69 Å². The van der Waals surface area contributed by atoms with E-state index >= 15 is 0 Å². The van der Waals surface area contributed by atoms with Crippen molar-refractivity contribution in [1.82, 2.24) is 5.32 Å². The Labute approximate surface area is 154 Å². The minimum absolute atomic E-state index is 0.0344. The molecule has 0 aromatic heterocycles. The summed E-state index contributed by atoms with van der Waals surface area (Å²) in [7, 11) is 0. The summed E-state index contributed by atoms with van der Waals surface area (Å²) in [5, 5.41) is 15.6. The van der Waals surface area contributed by atoms with Crippen LogP contribution in [0.1, 0.15) is 47.8 Å². The summed E-state index contributed by atoms with van der Waals surface area (Å²) in [6, 6.07) is 10.9. The van der Waals surface area contributed by atoms with Crippen LogP contribution < -0.4 is 10.6 Å². The summed E-state index contributed by atoms with van der Waals surface area (Å²) in [5.41, 5.74) is 4.19. The van der Waals surface area contributed by atoms with Crippen LogP contribution in [0.2, 0.25) is 0 Å².